The maximum absolute atomic E-state index is 13.1. The molecule has 24 heteroatoms. The number of hydrogen-bond acceptors (Lipinski definition) is 19. The topological polar surface area (TPSA) is 295 Å². The highest BCUT2D eigenvalue weighted by atomic mass is 19.1. The number of aromatic carboxylic acids is 1. The quantitative estimate of drug-likeness (QED) is 0.0745. The number of carboxylic acid groups (broad SMARTS) is 1. The van der Waals surface area contributed by atoms with Crippen molar-refractivity contribution in [2.24, 2.45) is 19.8 Å². The molecular formula is C45H51F2N17O5. The highest BCUT2D eigenvalue weighted by Crippen LogP contribution is 2.25. The van der Waals surface area contributed by atoms with Gasteiger partial charge in [-0.15, -0.1) is 0 Å². The molecule has 69 heavy (non-hydrogen) atoms. The molecule has 0 saturated heterocycles. The molecule has 2 aromatic carbocycles. The number of benzene rings is 2. The number of nitrogens with two attached hydrogens (primary N) is 1. The molecule has 22 nitrogen and oxygen atoms in total. The minimum Gasteiger partial charge on any atom is -0.475 e. The van der Waals surface area contributed by atoms with Gasteiger partial charge in [0.05, 0.1) is 10.8 Å². The van der Waals surface area contributed by atoms with Gasteiger partial charge in [-0.1, -0.05) is 29.4 Å². The first-order valence-electron chi connectivity index (χ1n) is 21.3. The number of aromatic nitrogens is 14. The highest BCUT2D eigenvalue weighted by molar-refractivity contribution is 5.92. The van der Waals surface area contributed by atoms with Crippen LogP contribution in [-0.2, 0) is 37.9 Å². The van der Waals surface area contributed by atoms with Gasteiger partial charge < -0.3 is 30.5 Å². The van der Waals surface area contributed by atoms with E-state index in [4.69, 9.17) is 15.4 Å². The molecule has 8 aromatic rings. The molecule has 8 rings (SSSR count). The smallest absolute Gasteiger partial charge is 0.377 e. The number of halogens is 2. The Kier molecular flexibility index (Phi) is 16.0. The Balaban J connectivity index is 0.000000190. The zero-order chi connectivity index (χ0) is 49.9. The fraction of sp³-hybridized carbons (Fsp3) is 0.333. The number of Topliss-reactive ketones (excluding diaryl/α,β-unsaturated/α-hetero) is 1. The lowest BCUT2D eigenvalue weighted by Gasteiger charge is -2.13. The number of carboxylic acids is 1. The van der Waals surface area contributed by atoms with Crippen molar-refractivity contribution < 1.29 is 32.5 Å². The molecule has 0 fully saturated rings. The molecule has 0 aliphatic rings. The fourth-order valence-electron chi connectivity index (χ4n) is 6.03. The molecule has 0 bridgehead atoms. The Morgan fingerprint density at radius 2 is 1.14 bits per heavy atom. The first-order valence-corrected chi connectivity index (χ1v) is 21.3. The van der Waals surface area contributed by atoms with Crippen molar-refractivity contribution in [1.82, 2.24) is 69.7 Å². The van der Waals surface area contributed by atoms with Crippen molar-refractivity contribution in [1.29, 1.82) is 0 Å². The van der Waals surface area contributed by atoms with Crippen LogP contribution in [0.25, 0.3) is 22.8 Å². The molecule has 0 spiro atoms. The van der Waals surface area contributed by atoms with Crippen molar-refractivity contribution in [3.8, 4) is 22.8 Å². The summed E-state index contributed by atoms with van der Waals surface area (Å²) >= 11 is 0. The SMILES string of the molecule is CC(C)(CF)c1nc(C(=O)O)no1.Cc1cc(-c2ncnc(Nc3ccn(C)n3)n2)ccc1CCC(=O)c1noc(C(C)(C)CF)n1.Cc1cc(-c2ncnc(Nc3ccn(C)n3)n2)ccc1CN. The Morgan fingerprint density at radius 3 is 1.55 bits per heavy atom. The molecule has 6 heterocycles. The summed E-state index contributed by atoms with van der Waals surface area (Å²) in [5.41, 5.74) is 9.85. The average Bonchev–Trinajstić information content (AvgIpc) is 4.19. The van der Waals surface area contributed by atoms with Gasteiger partial charge in [-0.2, -0.15) is 30.1 Å². The molecule has 360 valence electrons. The summed E-state index contributed by atoms with van der Waals surface area (Å²) in [4.78, 5) is 56.2. The van der Waals surface area contributed by atoms with Crippen LogP contribution in [0.3, 0.4) is 0 Å². The molecule has 0 atom stereocenters. The van der Waals surface area contributed by atoms with Gasteiger partial charge in [-0.25, -0.2) is 33.5 Å². The predicted molar refractivity (Wildman–Crippen MR) is 247 cm³/mol. The van der Waals surface area contributed by atoms with Gasteiger partial charge in [0.25, 0.3) is 5.82 Å². The number of anilines is 4. The van der Waals surface area contributed by atoms with Crippen LogP contribution in [0.5, 0.6) is 0 Å². The summed E-state index contributed by atoms with van der Waals surface area (Å²) in [6.45, 7) is 9.56. The molecule has 0 unspecified atom stereocenters. The molecule has 6 aromatic heterocycles. The van der Waals surface area contributed by atoms with Crippen molar-refractivity contribution >= 4 is 35.3 Å². The summed E-state index contributed by atoms with van der Waals surface area (Å²) in [5, 5.41) is 30.0. The number of ketones is 1. The largest absolute Gasteiger partial charge is 0.475 e. The molecule has 0 aliphatic carbocycles. The van der Waals surface area contributed by atoms with E-state index in [-0.39, 0.29) is 29.8 Å². The molecule has 0 amide bonds. The van der Waals surface area contributed by atoms with E-state index in [9.17, 15) is 18.4 Å². The highest BCUT2D eigenvalue weighted by Gasteiger charge is 2.30. The minimum atomic E-state index is -1.29. The van der Waals surface area contributed by atoms with Crippen LogP contribution in [0, 0.1) is 13.8 Å². The zero-order valence-corrected chi connectivity index (χ0v) is 39.1. The van der Waals surface area contributed by atoms with E-state index in [1.165, 1.54) is 12.7 Å². The van der Waals surface area contributed by atoms with Crippen molar-refractivity contribution in [2.75, 3.05) is 24.0 Å². The summed E-state index contributed by atoms with van der Waals surface area (Å²) in [7, 11) is 3.68. The third kappa shape index (κ3) is 13.2. The van der Waals surface area contributed by atoms with Crippen LogP contribution in [0.4, 0.5) is 32.3 Å². The second kappa shape index (κ2) is 22.0. The monoisotopic (exact) mass is 947 g/mol. The van der Waals surface area contributed by atoms with Crippen LogP contribution in [0.1, 0.15) is 89.4 Å². The van der Waals surface area contributed by atoms with E-state index in [0.29, 0.717) is 48.1 Å². The normalized spacial score (nSPS) is 11.3. The Hall–Kier alpha value is -8.28. The van der Waals surface area contributed by atoms with Gasteiger partial charge in [-0.05, 0) is 87.5 Å². The molecular weight excluding hydrogens is 897 g/mol. The standard InChI is InChI=1S/C23H25FN8O2.C15H17N7.C7H9FN2O3/c1-14-11-16(19-25-13-26-22(29-19)27-18-9-10-32(4)30-18)6-5-15(14)7-8-17(33)20-28-21(34-31-20)23(2,3)12-24;1-10-7-11(3-4-12(10)8-16)14-17-9-18-15(20-14)19-13-5-6-22(2)21-13;1-7(2,3-8)6-9-4(5(11)12)10-13-6/h5-6,9-11,13H,7-8,12H2,1-4H3,(H,25,26,27,29,30);3-7,9H,8,16H2,1-2H3,(H,17,18,19,20,21);3H2,1-2H3,(H,11,12). The van der Waals surface area contributed by atoms with Crippen LogP contribution < -0.4 is 16.4 Å². The Morgan fingerprint density at radius 1 is 0.681 bits per heavy atom. The van der Waals surface area contributed by atoms with E-state index in [1.807, 2.05) is 88.9 Å². The number of alkyl halides is 2. The van der Waals surface area contributed by atoms with Gasteiger partial charge >= 0.3 is 5.97 Å². The number of nitrogens with one attached hydrogen (secondary N) is 2. The molecule has 0 aliphatic heterocycles. The lowest BCUT2D eigenvalue weighted by atomic mass is 9.96. The van der Waals surface area contributed by atoms with Crippen LogP contribution in [-0.4, -0.2) is 100.0 Å². The van der Waals surface area contributed by atoms with Crippen molar-refractivity contribution in [3.05, 3.63) is 119 Å². The number of hydrogen-bond donors (Lipinski definition) is 4. The van der Waals surface area contributed by atoms with Gasteiger partial charge in [0, 0.05) is 62.7 Å². The Labute approximate surface area is 394 Å². The molecule has 0 saturated carbocycles. The maximum atomic E-state index is 13.1. The van der Waals surface area contributed by atoms with E-state index < -0.39 is 36.0 Å². The van der Waals surface area contributed by atoms with Crippen LogP contribution in [0.15, 0.2) is 82.6 Å². The second-order valence-corrected chi connectivity index (χ2v) is 16.9. The van der Waals surface area contributed by atoms with Crippen LogP contribution >= 0.6 is 0 Å². The lowest BCUT2D eigenvalue weighted by molar-refractivity contribution is 0.0679. The van der Waals surface area contributed by atoms with Gasteiger partial charge in [-0.3, -0.25) is 14.2 Å². The lowest BCUT2D eigenvalue weighted by Crippen LogP contribution is -2.20. The summed E-state index contributed by atoms with van der Waals surface area (Å²) in [5.74, 6) is 1.42. The molecule has 5 N–H and O–H groups in total. The Bertz CT molecular complexity index is 3020. The third-order valence-electron chi connectivity index (χ3n) is 10.2. The fourth-order valence-corrected chi connectivity index (χ4v) is 6.03. The predicted octanol–water partition coefficient (Wildman–Crippen LogP) is 6.57. The van der Waals surface area contributed by atoms with E-state index in [2.05, 4.69) is 75.5 Å². The van der Waals surface area contributed by atoms with Gasteiger partial charge in [0.15, 0.2) is 23.3 Å². The van der Waals surface area contributed by atoms with Gasteiger partial charge in [0.2, 0.25) is 35.3 Å². The summed E-state index contributed by atoms with van der Waals surface area (Å²) in [6.07, 6.45) is 7.31. The summed E-state index contributed by atoms with van der Waals surface area (Å²) < 4.78 is 38.6. The first-order chi connectivity index (χ1) is 32.9. The maximum Gasteiger partial charge on any atom is 0.377 e. The van der Waals surface area contributed by atoms with E-state index >= 15 is 0 Å². The minimum absolute atomic E-state index is 0.00704. The summed E-state index contributed by atoms with van der Waals surface area (Å²) in [6, 6.07) is 15.5. The second-order valence-electron chi connectivity index (χ2n) is 16.9. The van der Waals surface area contributed by atoms with Crippen molar-refractivity contribution in [3.63, 3.8) is 0 Å². The van der Waals surface area contributed by atoms with Crippen LogP contribution in [0.2, 0.25) is 0 Å². The van der Waals surface area contributed by atoms with E-state index in [1.54, 1.807) is 37.1 Å². The number of carbonyl (C=O) groups excluding carboxylic acids is 1. The zero-order valence-electron chi connectivity index (χ0n) is 39.1. The number of aryl methyl sites for hydroxylation is 5. The molecule has 0 radical (unpaired) electrons. The number of rotatable bonds is 16. The average molecular weight is 948 g/mol. The number of nitrogens with zero attached hydrogens (tertiary/aromatic N) is 14. The van der Waals surface area contributed by atoms with E-state index in [0.717, 1.165) is 33.4 Å². The van der Waals surface area contributed by atoms with Crippen molar-refractivity contribution in [2.45, 2.75) is 71.8 Å². The first kappa shape index (κ1) is 50.1. The third-order valence-corrected chi connectivity index (χ3v) is 10.2. The van der Waals surface area contributed by atoms with Gasteiger partial charge in [0.1, 0.15) is 26.0 Å². The number of carbonyl (C=O) groups is 2.